The van der Waals surface area contributed by atoms with Crippen LogP contribution in [0.4, 0.5) is 0 Å². The highest BCUT2D eigenvalue weighted by molar-refractivity contribution is 7.12. The molecule has 0 aliphatic carbocycles. The van der Waals surface area contributed by atoms with Gasteiger partial charge in [-0.2, -0.15) is 0 Å². The standard InChI is InChI=1S/C17H23N3O2S/c1-12(2)18-10-15(21)11-22-16-7-5-4-6-14(16)8-9-17-20-19-13(3)23-17/h4-9,12,15,18,21H,10-11H2,1-3H3/b9-8+. The summed E-state index contributed by atoms with van der Waals surface area (Å²) < 4.78 is 5.75. The van der Waals surface area contributed by atoms with Gasteiger partial charge in [0.25, 0.3) is 0 Å². The molecule has 2 aromatic rings. The Bertz CT molecular complexity index is 640. The minimum Gasteiger partial charge on any atom is -0.490 e. The highest BCUT2D eigenvalue weighted by Gasteiger charge is 2.07. The number of aryl methyl sites for hydroxylation is 1. The van der Waals surface area contributed by atoms with Crippen molar-refractivity contribution in [2.45, 2.75) is 32.9 Å². The van der Waals surface area contributed by atoms with Crippen LogP contribution in [0.2, 0.25) is 0 Å². The third-order valence-electron chi connectivity index (χ3n) is 3.06. The molecular formula is C17H23N3O2S. The maximum Gasteiger partial charge on any atom is 0.140 e. The minimum absolute atomic E-state index is 0.252. The molecule has 0 fully saturated rings. The molecule has 0 aliphatic heterocycles. The molecule has 0 amide bonds. The second kappa shape index (κ2) is 8.76. The molecule has 0 saturated heterocycles. The summed E-state index contributed by atoms with van der Waals surface area (Å²) in [6.45, 7) is 6.78. The summed E-state index contributed by atoms with van der Waals surface area (Å²) in [6.07, 6.45) is 3.33. The minimum atomic E-state index is -0.541. The number of aliphatic hydroxyl groups excluding tert-OH is 1. The van der Waals surface area contributed by atoms with Crippen LogP contribution in [0.15, 0.2) is 24.3 Å². The molecule has 2 N–H and O–H groups in total. The number of rotatable bonds is 8. The van der Waals surface area contributed by atoms with Crippen molar-refractivity contribution < 1.29 is 9.84 Å². The van der Waals surface area contributed by atoms with Crippen LogP contribution in [-0.4, -0.2) is 40.6 Å². The molecular weight excluding hydrogens is 310 g/mol. The molecule has 1 atom stereocenters. The van der Waals surface area contributed by atoms with E-state index < -0.39 is 6.10 Å². The second-order valence-corrected chi connectivity index (χ2v) is 6.77. The quantitative estimate of drug-likeness (QED) is 0.777. The van der Waals surface area contributed by atoms with E-state index in [2.05, 4.69) is 15.5 Å². The molecule has 124 valence electrons. The topological polar surface area (TPSA) is 67.3 Å². The van der Waals surface area contributed by atoms with Gasteiger partial charge in [-0.25, -0.2) is 0 Å². The summed E-state index contributed by atoms with van der Waals surface area (Å²) >= 11 is 1.54. The van der Waals surface area contributed by atoms with Crippen LogP contribution in [0, 0.1) is 6.92 Å². The van der Waals surface area contributed by atoms with E-state index in [-0.39, 0.29) is 6.61 Å². The first-order valence-electron chi connectivity index (χ1n) is 7.66. The first-order chi connectivity index (χ1) is 11.0. The second-order valence-electron chi connectivity index (χ2n) is 5.56. The van der Waals surface area contributed by atoms with Crippen molar-refractivity contribution >= 4 is 23.5 Å². The lowest BCUT2D eigenvalue weighted by Gasteiger charge is -2.16. The van der Waals surface area contributed by atoms with Crippen LogP contribution in [0.5, 0.6) is 5.75 Å². The summed E-state index contributed by atoms with van der Waals surface area (Å²) in [5, 5.41) is 23.0. The normalized spacial score (nSPS) is 12.9. The number of ether oxygens (including phenoxy) is 1. The fourth-order valence-electron chi connectivity index (χ4n) is 1.91. The molecule has 0 saturated carbocycles. The molecule has 1 aromatic heterocycles. The van der Waals surface area contributed by atoms with E-state index >= 15 is 0 Å². The first-order valence-corrected chi connectivity index (χ1v) is 8.47. The number of para-hydroxylation sites is 1. The Labute approximate surface area is 141 Å². The number of benzene rings is 1. The maximum absolute atomic E-state index is 9.94. The summed E-state index contributed by atoms with van der Waals surface area (Å²) in [5.74, 6) is 0.744. The predicted molar refractivity (Wildman–Crippen MR) is 94.7 cm³/mol. The maximum atomic E-state index is 9.94. The van der Waals surface area contributed by atoms with Crippen LogP contribution in [0.3, 0.4) is 0 Å². The highest BCUT2D eigenvalue weighted by atomic mass is 32.1. The van der Waals surface area contributed by atoms with E-state index in [9.17, 15) is 5.11 Å². The third kappa shape index (κ3) is 6.09. The fourth-order valence-corrected chi connectivity index (χ4v) is 2.51. The molecule has 23 heavy (non-hydrogen) atoms. The van der Waals surface area contributed by atoms with Crippen LogP contribution < -0.4 is 10.1 Å². The van der Waals surface area contributed by atoms with Crippen LogP contribution in [0.25, 0.3) is 12.2 Å². The van der Waals surface area contributed by atoms with E-state index in [0.29, 0.717) is 12.6 Å². The van der Waals surface area contributed by atoms with E-state index in [1.54, 1.807) is 11.3 Å². The van der Waals surface area contributed by atoms with Crippen LogP contribution in [-0.2, 0) is 0 Å². The van der Waals surface area contributed by atoms with Gasteiger partial charge in [0.15, 0.2) is 0 Å². The number of nitrogens with zero attached hydrogens (tertiary/aromatic N) is 2. The zero-order chi connectivity index (χ0) is 16.7. The summed E-state index contributed by atoms with van der Waals surface area (Å²) in [4.78, 5) is 0. The van der Waals surface area contributed by atoms with Crippen molar-refractivity contribution in [3.63, 3.8) is 0 Å². The number of nitrogens with one attached hydrogen (secondary N) is 1. The Hall–Kier alpha value is -1.76. The van der Waals surface area contributed by atoms with Gasteiger partial charge >= 0.3 is 0 Å². The molecule has 1 unspecified atom stereocenters. The highest BCUT2D eigenvalue weighted by Crippen LogP contribution is 2.21. The van der Waals surface area contributed by atoms with Crippen LogP contribution in [0.1, 0.15) is 29.4 Å². The van der Waals surface area contributed by atoms with Gasteiger partial charge < -0.3 is 15.2 Å². The van der Waals surface area contributed by atoms with Gasteiger partial charge in [0.05, 0.1) is 0 Å². The monoisotopic (exact) mass is 333 g/mol. The van der Waals surface area contributed by atoms with E-state index in [4.69, 9.17) is 4.74 Å². The van der Waals surface area contributed by atoms with Gasteiger partial charge in [-0.3, -0.25) is 0 Å². The number of aromatic nitrogens is 2. The molecule has 1 heterocycles. The van der Waals surface area contributed by atoms with Gasteiger partial charge in [0.2, 0.25) is 0 Å². The van der Waals surface area contributed by atoms with Crippen molar-refractivity contribution in [3.8, 4) is 5.75 Å². The lowest BCUT2D eigenvalue weighted by atomic mass is 10.2. The molecule has 0 aliphatic rings. The van der Waals surface area contributed by atoms with Gasteiger partial charge in [-0.15, -0.1) is 10.2 Å². The van der Waals surface area contributed by atoms with Crippen molar-refractivity contribution in [1.29, 1.82) is 0 Å². The largest absolute Gasteiger partial charge is 0.490 e. The Morgan fingerprint density at radius 1 is 1.26 bits per heavy atom. The van der Waals surface area contributed by atoms with Gasteiger partial charge in [-0.05, 0) is 25.1 Å². The van der Waals surface area contributed by atoms with E-state index in [0.717, 1.165) is 21.3 Å². The predicted octanol–water partition coefficient (Wildman–Crippen LogP) is 2.75. The fraction of sp³-hybridized carbons (Fsp3) is 0.412. The summed E-state index contributed by atoms with van der Waals surface area (Å²) in [7, 11) is 0. The summed E-state index contributed by atoms with van der Waals surface area (Å²) in [6, 6.07) is 8.08. The Morgan fingerprint density at radius 2 is 2.04 bits per heavy atom. The average molecular weight is 333 g/mol. The smallest absolute Gasteiger partial charge is 0.140 e. The number of hydrogen-bond donors (Lipinski definition) is 2. The molecule has 0 radical (unpaired) electrons. The van der Waals surface area contributed by atoms with Gasteiger partial charge in [-0.1, -0.05) is 43.4 Å². The number of hydrogen-bond acceptors (Lipinski definition) is 6. The van der Waals surface area contributed by atoms with E-state index in [1.165, 1.54) is 0 Å². The average Bonchev–Trinajstić information content (AvgIpc) is 2.95. The van der Waals surface area contributed by atoms with Crippen molar-refractivity contribution in [1.82, 2.24) is 15.5 Å². The molecule has 1 aromatic carbocycles. The zero-order valence-corrected chi connectivity index (χ0v) is 14.5. The lowest BCUT2D eigenvalue weighted by Crippen LogP contribution is -2.35. The third-order valence-corrected chi connectivity index (χ3v) is 3.86. The first kappa shape index (κ1) is 17.6. The lowest BCUT2D eigenvalue weighted by molar-refractivity contribution is 0.104. The Morgan fingerprint density at radius 3 is 2.74 bits per heavy atom. The molecule has 0 bridgehead atoms. The van der Waals surface area contributed by atoms with Gasteiger partial charge in [0.1, 0.15) is 28.5 Å². The SMILES string of the molecule is Cc1nnc(/C=C/c2ccccc2OCC(O)CNC(C)C)s1. The molecule has 5 nitrogen and oxygen atoms in total. The van der Waals surface area contributed by atoms with Crippen molar-refractivity contribution in [3.05, 3.63) is 39.8 Å². The van der Waals surface area contributed by atoms with Gasteiger partial charge in [0, 0.05) is 18.2 Å². The molecule has 0 spiro atoms. The molecule has 2 rings (SSSR count). The van der Waals surface area contributed by atoms with Crippen molar-refractivity contribution in [2.75, 3.05) is 13.2 Å². The van der Waals surface area contributed by atoms with E-state index in [1.807, 2.05) is 57.2 Å². The Kier molecular flexibility index (Phi) is 6.70. The Balaban J connectivity index is 1.96. The number of aliphatic hydroxyl groups is 1. The van der Waals surface area contributed by atoms with Crippen molar-refractivity contribution in [2.24, 2.45) is 0 Å². The van der Waals surface area contributed by atoms with Crippen LogP contribution >= 0.6 is 11.3 Å². The zero-order valence-electron chi connectivity index (χ0n) is 13.7. The summed E-state index contributed by atoms with van der Waals surface area (Å²) in [5.41, 5.74) is 0.948. The molecule has 6 heteroatoms.